The highest BCUT2D eigenvalue weighted by Crippen LogP contribution is 2.45. The summed E-state index contributed by atoms with van der Waals surface area (Å²) < 4.78 is 26.8. The molecule has 1 aromatic carbocycles. The van der Waals surface area contributed by atoms with Gasteiger partial charge in [0.1, 0.15) is 4.90 Å². The van der Waals surface area contributed by atoms with Gasteiger partial charge in [-0.2, -0.15) is 5.26 Å². The van der Waals surface area contributed by atoms with Gasteiger partial charge in [0.2, 0.25) is 10.0 Å². The van der Waals surface area contributed by atoms with E-state index in [9.17, 15) is 8.42 Å². The molecule has 6 heteroatoms. The van der Waals surface area contributed by atoms with Crippen LogP contribution in [0.5, 0.6) is 0 Å². The van der Waals surface area contributed by atoms with Crippen molar-refractivity contribution in [2.75, 3.05) is 0 Å². The molecule has 0 aliphatic heterocycles. The average molecular weight is 285 g/mol. The molecule has 0 saturated heterocycles. The first-order chi connectivity index (χ1) is 8.26. The molecule has 0 spiro atoms. The fourth-order valence-electron chi connectivity index (χ4n) is 1.71. The molecule has 18 heavy (non-hydrogen) atoms. The van der Waals surface area contributed by atoms with E-state index >= 15 is 0 Å². The van der Waals surface area contributed by atoms with Crippen LogP contribution in [0, 0.1) is 16.7 Å². The summed E-state index contributed by atoms with van der Waals surface area (Å²) in [5.41, 5.74) is 0.345. The van der Waals surface area contributed by atoms with Crippen LogP contribution >= 0.6 is 11.6 Å². The number of rotatable bonds is 3. The predicted molar refractivity (Wildman–Crippen MR) is 68.7 cm³/mol. The summed E-state index contributed by atoms with van der Waals surface area (Å²) in [7, 11) is -3.62. The normalized spacial score (nSPS) is 21.3. The molecular formula is C12H13ClN2O2S. The Bertz CT molecular complexity index is 632. The second-order valence-corrected chi connectivity index (χ2v) is 7.21. The van der Waals surface area contributed by atoms with Gasteiger partial charge < -0.3 is 0 Å². The van der Waals surface area contributed by atoms with E-state index in [1.165, 1.54) is 18.2 Å². The molecule has 1 aliphatic carbocycles. The zero-order chi connectivity index (χ0) is 13.6. The molecular weight excluding hydrogens is 272 g/mol. The van der Waals surface area contributed by atoms with Crippen LogP contribution in [-0.4, -0.2) is 14.5 Å². The number of nitriles is 1. The van der Waals surface area contributed by atoms with Gasteiger partial charge in [-0.1, -0.05) is 25.4 Å². The summed E-state index contributed by atoms with van der Waals surface area (Å²) in [6.45, 7) is 4.00. The van der Waals surface area contributed by atoms with E-state index in [1.54, 1.807) is 0 Å². The monoisotopic (exact) mass is 284 g/mol. The molecule has 1 fully saturated rings. The molecule has 0 bridgehead atoms. The van der Waals surface area contributed by atoms with Crippen LogP contribution in [0.4, 0.5) is 0 Å². The molecule has 4 nitrogen and oxygen atoms in total. The second kappa shape index (κ2) is 4.23. The van der Waals surface area contributed by atoms with Gasteiger partial charge in [0.15, 0.2) is 0 Å². The van der Waals surface area contributed by atoms with Crippen molar-refractivity contribution in [1.29, 1.82) is 5.26 Å². The molecule has 1 unspecified atom stereocenters. The minimum atomic E-state index is -3.62. The van der Waals surface area contributed by atoms with Crippen molar-refractivity contribution in [1.82, 2.24) is 4.72 Å². The van der Waals surface area contributed by atoms with Gasteiger partial charge in [-0.15, -0.1) is 0 Å². The van der Waals surface area contributed by atoms with Crippen LogP contribution in [0.2, 0.25) is 5.02 Å². The maximum Gasteiger partial charge on any atom is 0.242 e. The van der Waals surface area contributed by atoms with Gasteiger partial charge in [-0.05, 0) is 30.0 Å². The molecule has 1 atom stereocenters. The Morgan fingerprint density at radius 2 is 2.11 bits per heavy atom. The largest absolute Gasteiger partial charge is 0.242 e. The molecule has 1 saturated carbocycles. The maximum atomic E-state index is 12.1. The molecule has 2 rings (SSSR count). The number of nitrogens with zero attached hydrogens (tertiary/aromatic N) is 1. The number of benzene rings is 1. The molecule has 0 aromatic heterocycles. The lowest BCUT2D eigenvalue weighted by Gasteiger charge is -2.09. The fraction of sp³-hybridized carbons (Fsp3) is 0.417. The molecule has 0 radical (unpaired) electrons. The average Bonchev–Trinajstić information content (AvgIpc) is 2.84. The van der Waals surface area contributed by atoms with Crippen LogP contribution in [0.3, 0.4) is 0 Å². The van der Waals surface area contributed by atoms with Gasteiger partial charge >= 0.3 is 0 Å². The van der Waals surface area contributed by atoms with Crippen molar-refractivity contribution in [2.24, 2.45) is 5.41 Å². The van der Waals surface area contributed by atoms with Crippen LogP contribution in [0.15, 0.2) is 23.1 Å². The molecule has 1 aromatic rings. The minimum Gasteiger partial charge on any atom is -0.207 e. The Balaban J connectivity index is 2.28. The SMILES string of the molecule is CC1(C)CC1NS(=O)(=O)c1ccc(C#N)cc1Cl. The zero-order valence-corrected chi connectivity index (χ0v) is 11.6. The highest BCUT2D eigenvalue weighted by atomic mass is 35.5. The van der Waals surface area contributed by atoms with E-state index in [-0.39, 0.29) is 21.4 Å². The maximum absolute atomic E-state index is 12.1. The molecule has 1 N–H and O–H groups in total. The van der Waals surface area contributed by atoms with Gasteiger partial charge in [0.05, 0.1) is 16.7 Å². The van der Waals surface area contributed by atoms with Crippen LogP contribution < -0.4 is 4.72 Å². The number of hydrogen-bond acceptors (Lipinski definition) is 3. The minimum absolute atomic E-state index is 0.00609. The number of halogens is 1. The predicted octanol–water partition coefficient (Wildman–Crippen LogP) is 2.29. The number of sulfonamides is 1. The first kappa shape index (κ1) is 13.3. The van der Waals surface area contributed by atoms with E-state index in [0.29, 0.717) is 5.56 Å². The third-order valence-corrected chi connectivity index (χ3v) is 5.12. The van der Waals surface area contributed by atoms with Crippen molar-refractivity contribution in [3.63, 3.8) is 0 Å². The van der Waals surface area contributed by atoms with E-state index < -0.39 is 10.0 Å². The number of nitrogens with one attached hydrogen (secondary N) is 1. The van der Waals surface area contributed by atoms with E-state index in [0.717, 1.165) is 6.42 Å². The van der Waals surface area contributed by atoms with Crippen molar-refractivity contribution in [2.45, 2.75) is 31.2 Å². The Kier molecular flexibility index (Phi) is 3.14. The van der Waals surface area contributed by atoms with Crippen LogP contribution in [0.25, 0.3) is 0 Å². The highest BCUT2D eigenvalue weighted by Gasteiger charge is 2.48. The summed E-state index contributed by atoms with van der Waals surface area (Å²) in [6, 6.07) is 6.02. The van der Waals surface area contributed by atoms with Crippen molar-refractivity contribution < 1.29 is 8.42 Å². The van der Waals surface area contributed by atoms with E-state index in [1.807, 2.05) is 19.9 Å². The summed E-state index contributed by atoms with van der Waals surface area (Å²) in [6.07, 6.45) is 0.820. The summed E-state index contributed by atoms with van der Waals surface area (Å²) in [4.78, 5) is 0.0193. The lowest BCUT2D eigenvalue weighted by Crippen LogP contribution is -2.28. The summed E-state index contributed by atoms with van der Waals surface area (Å²) in [5.74, 6) is 0. The Morgan fingerprint density at radius 3 is 2.56 bits per heavy atom. The molecule has 1 aliphatic rings. The Hall–Kier alpha value is -1.09. The Morgan fingerprint density at radius 1 is 1.50 bits per heavy atom. The van der Waals surface area contributed by atoms with Gasteiger partial charge in [-0.3, -0.25) is 0 Å². The smallest absolute Gasteiger partial charge is 0.207 e. The first-order valence-electron chi connectivity index (χ1n) is 5.48. The molecule has 0 heterocycles. The van der Waals surface area contributed by atoms with Crippen LogP contribution in [-0.2, 0) is 10.0 Å². The quantitative estimate of drug-likeness (QED) is 0.926. The van der Waals surface area contributed by atoms with Gasteiger partial charge in [0.25, 0.3) is 0 Å². The summed E-state index contributed by atoms with van der Waals surface area (Å²) in [5, 5.41) is 8.78. The first-order valence-corrected chi connectivity index (χ1v) is 7.34. The molecule has 96 valence electrons. The zero-order valence-electron chi connectivity index (χ0n) is 10.1. The third-order valence-electron chi connectivity index (χ3n) is 3.16. The van der Waals surface area contributed by atoms with Gasteiger partial charge in [-0.25, -0.2) is 13.1 Å². The Labute approximate surface area is 112 Å². The van der Waals surface area contributed by atoms with Gasteiger partial charge in [0, 0.05) is 6.04 Å². The lowest BCUT2D eigenvalue weighted by molar-refractivity contribution is 0.555. The topological polar surface area (TPSA) is 70.0 Å². The second-order valence-electron chi connectivity index (χ2n) is 5.12. The van der Waals surface area contributed by atoms with E-state index in [2.05, 4.69) is 4.72 Å². The van der Waals surface area contributed by atoms with Crippen molar-refractivity contribution in [3.05, 3.63) is 28.8 Å². The highest BCUT2D eigenvalue weighted by molar-refractivity contribution is 7.89. The van der Waals surface area contributed by atoms with E-state index in [4.69, 9.17) is 16.9 Å². The standard InChI is InChI=1S/C12H13ClN2O2S/c1-12(2)6-11(12)15-18(16,17)10-4-3-8(7-14)5-9(10)13/h3-5,11,15H,6H2,1-2H3. The van der Waals surface area contributed by atoms with Crippen molar-refractivity contribution in [3.8, 4) is 6.07 Å². The third kappa shape index (κ3) is 2.51. The van der Waals surface area contributed by atoms with Crippen molar-refractivity contribution >= 4 is 21.6 Å². The number of hydrogen-bond donors (Lipinski definition) is 1. The summed E-state index contributed by atoms with van der Waals surface area (Å²) >= 11 is 5.90. The lowest BCUT2D eigenvalue weighted by atomic mass is 10.2. The fourth-order valence-corrected chi connectivity index (χ4v) is 3.66. The molecule has 0 amide bonds. The van der Waals surface area contributed by atoms with Crippen LogP contribution in [0.1, 0.15) is 25.8 Å².